The molecule has 0 bridgehead atoms. The molecule has 0 radical (unpaired) electrons. The molecular weight excluding hydrogens is 338 g/mol. The van der Waals surface area contributed by atoms with Gasteiger partial charge in [-0.2, -0.15) is 39.5 Å². The minimum Gasteiger partial charge on any atom is -0.396 e. The van der Waals surface area contributed by atoms with Crippen LogP contribution in [0.25, 0.3) is 0 Å². The fraction of sp³-hybridized carbons (Fsp3) is 1.00. The summed E-state index contributed by atoms with van der Waals surface area (Å²) in [6, 6.07) is 0. The zero-order valence-corrected chi connectivity index (χ0v) is 11.2. The third kappa shape index (κ3) is 4.63. The molecule has 2 unspecified atom stereocenters. The minimum absolute atomic E-state index is 0.854. The lowest BCUT2D eigenvalue weighted by Gasteiger charge is -2.38. The molecule has 1 N–H and O–H groups in total. The van der Waals surface area contributed by atoms with E-state index in [9.17, 15) is 43.9 Å². The lowest BCUT2D eigenvalue weighted by Crippen LogP contribution is -2.54. The highest BCUT2D eigenvalue weighted by atomic mass is 19.4. The molecule has 0 aromatic rings. The zero-order chi connectivity index (χ0) is 18.0. The molecular formula is C11H14F10O. The van der Waals surface area contributed by atoms with E-state index >= 15 is 0 Å². The van der Waals surface area contributed by atoms with Crippen LogP contribution in [-0.4, -0.2) is 36.9 Å². The van der Waals surface area contributed by atoms with Crippen LogP contribution in [-0.2, 0) is 0 Å². The van der Waals surface area contributed by atoms with Crippen molar-refractivity contribution in [1.82, 2.24) is 0 Å². The highest BCUT2D eigenvalue weighted by Crippen LogP contribution is 2.56. The standard InChI is InChI=1S/C11H14F10O/c1-6(4-22)2-7(9(13,14)15)3-8(5-12,10(16,17)18)11(19,20)21/h6-7,22H,2-5H2,1H3. The van der Waals surface area contributed by atoms with Crippen LogP contribution in [0.1, 0.15) is 19.8 Å². The van der Waals surface area contributed by atoms with Crippen LogP contribution in [0.15, 0.2) is 0 Å². The first-order valence-electron chi connectivity index (χ1n) is 5.99. The second-order valence-corrected chi connectivity index (χ2v) is 5.18. The number of aliphatic hydroxyl groups is 1. The predicted octanol–water partition coefficient (Wildman–Crippen LogP) is 4.65. The van der Waals surface area contributed by atoms with Crippen molar-refractivity contribution in [1.29, 1.82) is 0 Å². The topological polar surface area (TPSA) is 20.2 Å². The first-order chi connectivity index (χ1) is 9.62. The van der Waals surface area contributed by atoms with Crippen molar-refractivity contribution in [3.05, 3.63) is 0 Å². The van der Waals surface area contributed by atoms with Gasteiger partial charge in [-0.1, -0.05) is 6.92 Å². The Morgan fingerprint density at radius 1 is 0.864 bits per heavy atom. The average molecular weight is 352 g/mol. The van der Waals surface area contributed by atoms with Crippen LogP contribution in [0, 0.1) is 17.3 Å². The smallest absolute Gasteiger partial charge is 0.396 e. The highest BCUT2D eigenvalue weighted by Gasteiger charge is 2.72. The molecule has 0 saturated heterocycles. The molecule has 0 spiro atoms. The fourth-order valence-corrected chi connectivity index (χ4v) is 1.91. The molecule has 0 fully saturated rings. The van der Waals surface area contributed by atoms with Crippen molar-refractivity contribution in [2.45, 2.75) is 38.3 Å². The number of aliphatic hydroxyl groups excluding tert-OH is 1. The molecule has 0 heterocycles. The Kier molecular flexibility index (Phi) is 6.57. The van der Waals surface area contributed by atoms with Crippen LogP contribution in [0.3, 0.4) is 0 Å². The number of hydrogen-bond donors (Lipinski definition) is 1. The number of alkyl halides is 10. The number of hydrogen-bond acceptors (Lipinski definition) is 1. The van der Waals surface area contributed by atoms with Crippen molar-refractivity contribution in [2.24, 2.45) is 17.3 Å². The Labute approximate surface area is 119 Å². The molecule has 0 aromatic carbocycles. The molecule has 2 atom stereocenters. The van der Waals surface area contributed by atoms with E-state index in [1.807, 2.05) is 0 Å². The fourth-order valence-electron chi connectivity index (χ4n) is 1.91. The Bertz CT molecular complexity index is 328. The van der Waals surface area contributed by atoms with Crippen molar-refractivity contribution in [3.63, 3.8) is 0 Å². The minimum atomic E-state index is -6.23. The summed E-state index contributed by atoms with van der Waals surface area (Å²) >= 11 is 0. The Hall–Kier alpha value is -0.740. The van der Waals surface area contributed by atoms with E-state index in [2.05, 4.69) is 0 Å². The van der Waals surface area contributed by atoms with E-state index in [4.69, 9.17) is 5.11 Å². The van der Waals surface area contributed by atoms with E-state index in [0.717, 1.165) is 6.92 Å². The highest BCUT2D eigenvalue weighted by molar-refractivity contribution is 4.96. The molecule has 0 saturated carbocycles. The van der Waals surface area contributed by atoms with E-state index in [0.29, 0.717) is 0 Å². The molecule has 0 aliphatic heterocycles. The maximum Gasteiger partial charge on any atom is 0.405 e. The van der Waals surface area contributed by atoms with Gasteiger partial charge in [0.05, 0.1) is 5.92 Å². The van der Waals surface area contributed by atoms with E-state index < -0.39 is 61.9 Å². The number of halogens is 10. The van der Waals surface area contributed by atoms with Gasteiger partial charge in [-0.3, -0.25) is 0 Å². The quantitative estimate of drug-likeness (QED) is 0.690. The van der Waals surface area contributed by atoms with Gasteiger partial charge in [-0.25, -0.2) is 4.39 Å². The van der Waals surface area contributed by atoms with Gasteiger partial charge in [-0.05, 0) is 18.8 Å². The van der Waals surface area contributed by atoms with Crippen LogP contribution in [0.4, 0.5) is 43.9 Å². The van der Waals surface area contributed by atoms with Crippen LogP contribution in [0.5, 0.6) is 0 Å². The summed E-state index contributed by atoms with van der Waals surface area (Å²) < 4.78 is 127. The molecule has 1 nitrogen and oxygen atoms in total. The largest absolute Gasteiger partial charge is 0.405 e. The molecule has 0 aromatic heterocycles. The van der Waals surface area contributed by atoms with Crippen molar-refractivity contribution >= 4 is 0 Å². The molecule has 0 aliphatic carbocycles. The van der Waals surface area contributed by atoms with Crippen molar-refractivity contribution < 1.29 is 49.0 Å². The third-order valence-electron chi connectivity index (χ3n) is 3.37. The third-order valence-corrected chi connectivity index (χ3v) is 3.37. The summed E-state index contributed by atoms with van der Waals surface area (Å²) in [6.45, 7) is -2.87. The normalized spacial score (nSPS) is 17.5. The van der Waals surface area contributed by atoms with Gasteiger partial charge in [-0.15, -0.1) is 0 Å². The maximum atomic E-state index is 12.7. The van der Waals surface area contributed by atoms with Gasteiger partial charge in [0, 0.05) is 6.61 Å². The van der Waals surface area contributed by atoms with Crippen molar-refractivity contribution in [2.75, 3.05) is 13.3 Å². The first-order valence-corrected chi connectivity index (χ1v) is 5.99. The number of rotatable bonds is 6. The maximum absolute atomic E-state index is 12.7. The van der Waals surface area contributed by atoms with Gasteiger partial charge in [0.15, 0.2) is 5.41 Å². The lowest BCUT2D eigenvalue weighted by molar-refractivity contribution is -0.356. The summed E-state index contributed by atoms with van der Waals surface area (Å²) in [5.41, 5.74) is -5.09. The van der Waals surface area contributed by atoms with Gasteiger partial charge in [0.25, 0.3) is 0 Å². The summed E-state index contributed by atoms with van der Waals surface area (Å²) in [4.78, 5) is 0. The Balaban J connectivity index is 5.76. The Morgan fingerprint density at radius 2 is 1.27 bits per heavy atom. The summed E-state index contributed by atoms with van der Waals surface area (Å²) in [7, 11) is 0. The molecule has 22 heavy (non-hydrogen) atoms. The molecule has 11 heteroatoms. The van der Waals surface area contributed by atoms with Crippen LogP contribution < -0.4 is 0 Å². The van der Waals surface area contributed by atoms with Crippen LogP contribution in [0.2, 0.25) is 0 Å². The summed E-state index contributed by atoms with van der Waals surface area (Å²) in [5.74, 6) is -4.24. The predicted molar refractivity (Wildman–Crippen MR) is 55.5 cm³/mol. The first kappa shape index (κ1) is 21.3. The Morgan fingerprint density at radius 3 is 1.50 bits per heavy atom. The van der Waals surface area contributed by atoms with E-state index in [-0.39, 0.29) is 0 Å². The van der Waals surface area contributed by atoms with Crippen LogP contribution >= 0.6 is 0 Å². The zero-order valence-electron chi connectivity index (χ0n) is 11.2. The van der Waals surface area contributed by atoms with E-state index in [1.165, 1.54) is 0 Å². The second kappa shape index (κ2) is 6.79. The average Bonchev–Trinajstić information content (AvgIpc) is 2.29. The summed E-state index contributed by atoms with van der Waals surface area (Å²) in [5, 5.41) is 8.64. The SMILES string of the molecule is CC(CO)CC(CC(CF)(C(F)(F)F)C(F)(F)F)C(F)(F)F. The van der Waals surface area contributed by atoms with Crippen molar-refractivity contribution in [3.8, 4) is 0 Å². The molecule has 134 valence electrons. The monoisotopic (exact) mass is 352 g/mol. The second-order valence-electron chi connectivity index (χ2n) is 5.18. The molecule has 0 aliphatic rings. The van der Waals surface area contributed by atoms with Gasteiger partial charge >= 0.3 is 18.5 Å². The van der Waals surface area contributed by atoms with Gasteiger partial charge in [0.1, 0.15) is 6.67 Å². The lowest BCUT2D eigenvalue weighted by atomic mass is 9.76. The van der Waals surface area contributed by atoms with E-state index in [1.54, 1.807) is 0 Å². The summed E-state index contributed by atoms with van der Waals surface area (Å²) in [6.07, 6.45) is -21.5. The van der Waals surface area contributed by atoms with Gasteiger partial charge < -0.3 is 5.11 Å². The molecule has 0 rings (SSSR count). The molecule has 0 amide bonds. The van der Waals surface area contributed by atoms with Gasteiger partial charge in [0.2, 0.25) is 0 Å².